The first-order valence-electron chi connectivity index (χ1n) is 9.22. The predicted molar refractivity (Wildman–Crippen MR) is 83.1 cm³/mol. The molecule has 0 amide bonds. The molecule has 4 aliphatic rings. The van der Waals surface area contributed by atoms with Crippen LogP contribution in [0.5, 0.6) is 0 Å². The van der Waals surface area contributed by atoms with Gasteiger partial charge in [-0.05, 0) is 74.0 Å². The fourth-order valence-electron chi connectivity index (χ4n) is 4.87. The smallest absolute Gasteiger partial charge is 0.0381 e. The van der Waals surface area contributed by atoms with Crippen LogP contribution in [0.1, 0.15) is 84.5 Å². The lowest BCUT2D eigenvalue weighted by Gasteiger charge is -2.40. The van der Waals surface area contributed by atoms with Crippen molar-refractivity contribution in [2.24, 2.45) is 35.5 Å². The Bertz CT molecular complexity index is 260. The van der Waals surface area contributed by atoms with Gasteiger partial charge < -0.3 is 0 Å². The highest BCUT2D eigenvalue weighted by Gasteiger charge is 2.38. The molecule has 110 valence electrons. The molecule has 0 heterocycles. The van der Waals surface area contributed by atoms with Crippen molar-refractivity contribution in [3.8, 4) is 0 Å². The summed E-state index contributed by atoms with van der Waals surface area (Å²) in [6, 6.07) is 0. The van der Waals surface area contributed by atoms with Crippen molar-refractivity contribution in [3.63, 3.8) is 0 Å². The van der Waals surface area contributed by atoms with E-state index in [1.807, 2.05) is 0 Å². The molecular formula is C19H34. The normalized spacial score (nSPS) is 42.6. The average Bonchev–Trinajstić information content (AvgIpc) is 3.17. The van der Waals surface area contributed by atoms with E-state index in [4.69, 9.17) is 0 Å². The first-order valence-corrected chi connectivity index (χ1v) is 9.22. The fraction of sp³-hybridized carbons (Fsp3) is 1.00. The molecule has 4 aliphatic carbocycles. The molecule has 0 nitrogen and oxygen atoms in total. The van der Waals surface area contributed by atoms with E-state index in [0.29, 0.717) is 0 Å². The van der Waals surface area contributed by atoms with Crippen LogP contribution >= 0.6 is 0 Å². The van der Waals surface area contributed by atoms with Crippen LogP contribution in [0.4, 0.5) is 0 Å². The molecule has 0 heteroatoms. The minimum absolute atomic E-state index is 1.06. The summed E-state index contributed by atoms with van der Waals surface area (Å²) in [6.45, 7) is 4.78. The summed E-state index contributed by atoms with van der Waals surface area (Å²) in [6.07, 6.45) is 17.0. The molecule has 4 rings (SSSR count). The molecule has 0 aromatic carbocycles. The van der Waals surface area contributed by atoms with E-state index in [2.05, 4.69) is 13.8 Å². The van der Waals surface area contributed by atoms with Crippen molar-refractivity contribution in [2.45, 2.75) is 84.5 Å². The van der Waals surface area contributed by atoms with Gasteiger partial charge in [0.2, 0.25) is 0 Å². The van der Waals surface area contributed by atoms with Crippen molar-refractivity contribution >= 4 is 0 Å². The van der Waals surface area contributed by atoms with Crippen LogP contribution in [0.15, 0.2) is 0 Å². The molecule has 0 saturated heterocycles. The van der Waals surface area contributed by atoms with Gasteiger partial charge in [-0.15, -0.1) is 0 Å². The third-order valence-electron chi connectivity index (χ3n) is 6.43. The van der Waals surface area contributed by atoms with Crippen molar-refractivity contribution in [3.05, 3.63) is 0 Å². The third kappa shape index (κ3) is 3.76. The van der Waals surface area contributed by atoms with E-state index in [9.17, 15) is 0 Å². The topological polar surface area (TPSA) is 0 Å². The van der Waals surface area contributed by atoms with Gasteiger partial charge in [0.25, 0.3) is 0 Å². The van der Waals surface area contributed by atoms with Gasteiger partial charge in [-0.1, -0.05) is 46.0 Å². The molecule has 4 fully saturated rings. The predicted octanol–water partition coefficient (Wildman–Crippen LogP) is 6.06. The highest BCUT2D eigenvalue weighted by atomic mass is 14.4. The number of hydrogen-bond donors (Lipinski definition) is 0. The minimum atomic E-state index is 1.06. The summed E-state index contributed by atoms with van der Waals surface area (Å²) >= 11 is 0. The zero-order chi connectivity index (χ0) is 13.2. The van der Waals surface area contributed by atoms with E-state index in [1.54, 1.807) is 51.4 Å². The van der Waals surface area contributed by atoms with Crippen molar-refractivity contribution in [2.75, 3.05) is 0 Å². The third-order valence-corrected chi connectivity index (χ3v) is 6.43. The summed E-state index contributed by atoms with van der Waals surface area (Å²) < 4.78 is 0. The molecule has 0 unspecified atom stereocenters. The first-order chi connectivity index (χ1) is 9.22. The Morgan fingerprint density at radius 3 is 1.26 bits per heavy atom. The second kappa shape index (κ2) is 6.19. The summed E-state index contributed by atoms with van der Waals surface area (Å²) in [5, 5.41) is 0. The van der Waals surface area contributed by atoms with Gasteiger partial charge in [0, 0.05) is 0 Å². The largest absolute Gasteiger partial charge is 0.0625 e. The van der Waals surface area contributed by atoms with E-state index in [1.165, 1.54) is 31.1 Å². The standard InChI is InChI=1S/C11H20.C8H14/c1-9-7-11(8-9)10-5-3-2-4-6-10;1-6-4-8(5-6)7-2-3-7/h9-11H,2-8H2,1H3;6-8H,2-5H2,1H3. The highest BCUT2D eigenvalue weighted by molar-refractivity contribution is 4.88. The van der Waals surface area contributed by atoms with Gasteiger partial charge in [-0.3, -0.25) is 0 Å². The average molecular weight is 262 g/mol. The van der Waals surface area contributed by atoms with Crippen LogP contribution in [-0.2, 0) is 0 Å². The van der Waals surface area contributed by atoms with Crippen LogP contribution in [0.3, 0.4) is 0 Å². The molecular weight excluding hydrogens is 228 g/mol. The second-order valence-electron chi connectivity index (χ2n) is 8.41. The Labute approximate surface area is 120 Å². The highest BCUT2D eigenvalue weighted by Crippen LogP contribution is 2.49. The molecule has 0 spiro atoms. The second-order valence-corrected chi connectivity index (χ2v) is 8.41. The molecule has 0 atom stereocenters. The van der Waals surface area contributed by atoms with Gasteiger partial charge in [-0.2, -0.15) is 0 Å². The summed E-state index contributed by atoms with van der Waals surface area (Å²) in [7, 11) is 0. The van der Waals surface area contributed by atoms with Crippen LogP contribution in [-0.4, -0.2) is 0 Å². The molecule has 0 aromatic rings. The lowest BCUT2D eigenvalue weighted by Crippen LogP contribution is -2.29. The number of hydrogen-bond acceptors (Lipinski definition) is 0. The van der Waals surface area contributed by atoms with Gasteiger partial charge in [0.1, 0.15) is 0 Å². The van der Waals surface area contributed by atoms with E-state index in [-0.39, 0.29) is 0 Å². The van der Waals surface area contributed by atoms with E-state index < -0.39 is 0 Å². The number of rotatable bonds is 2. The maximum Gasteiger partial charge on any atom is -0.0381 e. The Morgan fingerprint density at radius 2 is 0.895 bits per heavy atom. The molecule has 0 aliphatic heterocycles. The lowest BCUT2D eigenvalue weighted by molar-refractivity contribution is 0.108. The fourth-order valence-corrected chi connectivity index (χ4v) is 4.87. The van der Waals surface area contributed by atoms with Crippen molar-refractivity contribution < 1.29 is 0 Å². The van der Waals surface area contributed by atoms with Crippen LogP contribution in [0, 0.1) is 35.5 Å². The van der Waals surface area contributed by atoms with E-state index >= 15 is 0 Å². The van der Waals surface area contributed by atoms with Crippen molar-refractivity contribution in [1.29, 1.82) is 0 Å². The first kappa shape index (κ1) is 14.0. The van der Waals surface area contributed by atoms with Gasteiger partial charge in [0.05, 0.1) is 0 Å². The SMILES string of the molecule is CC1CC(C2CC2)C1.CC1CC(C2CCCCC2)C1. The monoisotopic (exact) mass is 262 g/mol. The Hall–Kier alpha value is 0. The van der Waals surface area contributed by atoms with Crippen LogP contribution in [0.2, 0.25) is 0 Å². The van der Waals surface area contributed by atoms with Crippen LogP contribution in [0.25, 0.3) is 0 Å². The zero-order valence-electron chi connectivity index (χ0n) is 13.2. The molecule has 0 bridgehead atoms. The molecule has 0 radical (unpaired) electrons. The maximum atomic E-state index is 2.40. The summed E-state index contributed by atoms with van der Waals surface area (Å²) in [5.74, 6) is 6.77. The van der Waals surface area contributed by atoms with Crippen LogP contribution < -0.4 is 0 Å². The zero-order valence-corrected chi connectivity index (χ0v) is 13.2. The summed E-state index contributed by atoms with van der Waals surface area (Å²) in [5.41, 5.74) is 0. The summed E-state index contributed by atoms with van der Waals surface area (Å²) in [4.78, 5) is 0. The molecule has 4 saturated carbocycles. The Morgan fingerprint density at radius 1 is 0.474 bits per heavy atom. The quantitative estimate of drug-likeness (QED) is 0.568. The van der Waals surface area contributed by atoms with Crippen molar-refractivity contribution in [1.82, 2.24) is 0 Å². The van der Waals surface area contributed by atoms with Gasteiger partial charge in [-0.25, -0.2) is 0 Å². The van der Waals surface area contributed by atoms with Gasteiger partial charge >= 0.3 is 0 Å². The van der Waals surface area contributed by atoms with E-state index in [0.717, 1.165) is 23.7 Å². The molecule has 0 N–H and O–H groups in total. The minimum Gasteiger partial charge on any atom is -0.0625 e. The molecule has 0 aromatic heterocycles. The lowest BCUT2D eigenvalue weighted by atomic mass is 9.65. The maximum absolute atomic E-state index is 2.40. The Balaban J connectivity index is 0.000000122. The van der Waals surface area contributed by atoms with Gasteiger partial charge in [0.15, 0.2) is 0 Å². The molecule has 19 heavy (non-hydrogen) atoms. The Kier molecular flexibility index (Phi) is 4.54.